The summed E-state index contributed by atoms with van der Waals surface area (Å²) in [6.07, 6.45) is 12.9. The van der Waals surface area contributed by atoms with Crippen LogP contribution in [0.25, 0.3) is 0 Å². The van der Waals surface area contributed by atoms with E-state index >= 15 is 0 Å². The number of tetrazole rings is 1. The number of esters is 1. The lowest BCUT2D eigenvalue weighted by Gasteiger charge is -2.32. The number of thiocarbonyl (C=S) groups is 1. The molecule has 7 nitrogen and oxygen atoms in total. The van der Waals surface area contributed by atoms with Gasteiger partial charge in [-0.15, -0.1) is 5.10 Å². The summed E-state index contributed by atoms with van der Waals surface area (Å²) in [5.41, 5.74) is 0. The molecule has 2 aliphatic carbocycles. The molecule has 1 heterocycles. The van der Waals surface area contributed by atoms with Crippen molar-refractivity contribution in [2.75, 3.05) is 0 Å². The van der Waals surface area contributed by atoms with Crippen LogP contribution >= 0.6 is 12.2 Å². The highest BCUT2D eigenvalue weighted by molar-refractivity contribution is 7.80. The van der Waals surface area contributed by atoms with Gasteiger partial charge in [-0.05, 0) is 55.4 Å². The van der Waals surface area contributed by atoms with Crippen molar-refractivity contribution in [1.82, 2.24) is 25.5 Å². The van der Waals surface area contributed by atoms with Crippen LogP contribution in [0.3, 0.4) is 0 Å². The van der Waals surface area contributed by atoms with E-state index in [4.69, 9.17) is 17.0 Å². The van der Waals surface area contributed by atoms with E-state index in [2.05, 4.69) is 20.8 Å². The van der Waals surface area contributed by atoms with Crippen LogP contribution in [0.1, 0.15) is 89.4 Å². The van der Waals surface area contributed by atoms with Crippen molar-refractivity contribution >= 4 is 23.2 Å². The van der Waals surface area contributed by atoms with Gasteiger partial charge in [0.2, 0.25) is 0 Å². The minimum atomic E-state index is -0.214. The Morgan fingerprint density at radius 3 is 2.70 bits per heavy atom. The van der Waals surface area contributed by atoms with Crippen molar-refractivity contribution in [3.05, 3.63) is 5.82 Å². The predicted octanol–water partition coefficient (Wildman–Crippen LogP) is 3.29. The van der Waals surface area contributed by atoms with Crippen LogP contribution in [0.4, 0.5) is 0 Å². The highest BCUT2D eigenvalue weighted by Crippen LogP contribution is 2.28. The van der Waals surface area contributed by atoms with Crippen molar-refractivity contribution in [1.29, 1.82) is 0 Å². The predicted molar refractivity (Wildman–Crippen MR) is 106 cm³/mol. The molecular weight excluding hydrogens is 362 g/mol. The zero-order valence-electron chi connectivity index (χ0n) is 16.2. The second kappa shape index (κ2) is 10.1. The molecule has 1 N–H and O–H groups in total. The molecule has 150 valence electrons. The fraction of sp³-hybridized carbons (Fsp3) is 0.842. The number of hydrogen-bond acceptors (Lipinski definition) is 6. The summed E-state index contributed by atoms with van der Waals surface area (Å²) in [7, 11) is 0. The van der Waals surface area contributed by atoms with E-state index < -0.39 is 0 Å². The van der Waals surface area contributed by atoms with Gasteiger partial charge >= 0.3 is 5.97 Å². The molecule has 0 amide bonds. The Labute approximate surface area is 166 Å². The van der Waals surface area contributed by atoms with Gasteiger partial charge in [-0.2, -0.15) is 0 Å². The molecule has 2 fully saturated rings. The average Bonchev–Trinajstić information content (AvgIpc) is 3.12. The quantitative estimate of drug-likeness (QED) is 0.562. The Morgan fingerprint density at radius 2 is 1.93 bits per heavy atom. The molecule has 2 unspecified atom stereocenters. The Morgan fingerprint density at radius 1 is 1.19 bits per heavy atom. The third kappa shape index (κ3) is 5.96. The second-order valence-corrected chi connectivity index (χ2v) is 8.28. The van der Waals surface area contributed by atoms with Crippen LogP contribution in [-0.2, 0) is 16.0 Å². The van der Waals surface area contributed by atoms with Gasteiger partial charge in [0.25, 0.3) is 0 Å². The van der Waals surface area contributed by atoms with Gasteiger partial charge < -0.3 is 10.1 Å². The van der Waals surface area contributed by atoms with Gasteiger partial charge in [0, 0.05) is 13.3 Å². The smallest absolute Gasteiger partial charge is 0.302 e. The van der Waals surface area contributed by atoms with Crippen LogP contribution in [0, 0.1) is 0 Å². The topological polar surface area (TPSA) is 81.9 Å². The first-order chi connectivity index (χ1) is 13.1. The van der Waals surface area contributed by atoms with E-state index in [1.165, 1.54) is 39.0 Å². The third-order valence-electron chi connectivity index (χ3n) is 5.65. The normalized spacial score (nSPS) is 23.7. The zero-order chi connectivity index (χ0) is 19.1. The number of rotatable bonds is 7. The zero-order valence-corrected chi connectivity index (χ0v) is 17.0. The SMILES string of the molecule is CC(=O)OC1CCCCC1NC(=S)CCCc1nnnn1C1CCCCC1. The molecule has 0 radical (unpaired) electrons. The molecule has 1 aromatic heterocycles. The summed E-state index contributed by atoms with van der Waals surface area (Å²) in [4.78, 5) is 12.1. The van der Waals surface area contributed by atoms with Gasteiger partial charge in [0.05, 0.1) is 17.1 Å². The van der Waals surface area contributed by atoms with Crippen LogP contribution in [0.2, 0.25) is 0 Å². The molecular formula is C19H31N5O2S. The minimum Gasteiger partial charge on any atom is -0.460 e. The molecule has 0 saturated heterocycles. The highest BCUT2D eigenvalue weighted by Gasteiger charge is 2.28. The Hall–Kier alpha value is -1.57. The second-order valence-electron chi connectivity index (χ2n) is 7.79. The largest absolute Gasteiger partial charge is 0.460 e. The standard InChI is InChI=1S/C19H31N5O2S/c1-14(25)26-17-11-6-5-10-16(17)20-19(27)13-7-12-18-21-22-23-24(18)15-8-3-2-4-9-15/h15-17H,2-13H2,1H3,(H,20,27). The number of nitrogens with one attached hydrogen (secondary N) is 1. The molecule has 0 spiro atoms. The summed E-state index contributed by atoms with van der Waals surface area (Å²) < 4.78 is 7.50. The number of ether oxygens (including phenoxy) is 1. The lowest BCUT2D eigenvalue weighted by molar-refractivity contribution is -0.148. The molecule has 0 bridgehead atoms. The lowest BCUT2D eigenvalue weighted by Crippen LogP contribution is -2.46. The molecule has 3 rings (SSSR count). The van der Waals surface area contributed by atoms with Gasteiger partial charge in [-0.25, -0.2) is 4.68 Å². The Kier molecular flexibility index (Phi) is 7.55. The fourth-order valence-electron chi connectivity index (χ4n) is 4.29. The number of nitrogens with zero attached hydrogens (tertiary/aromatic N) is 4. The Balaban J connectivity index is 1.44. The van der Waals surface area contributed by atoms with Crippen LogP contribution in [0.15, 0.2) is 0 Å². The maximum absolute atomic E-state index is 11.3. The molecule has 27 heavy (non-hydrogen) atoms. The molecule has 0 aliphatic heterocycles. The van der Waals surface area contributed by atoms with Gasteiger partial charge in [0.1, 0.15) is 6.10 Å². The molecule has 8 heteroatoms. The van der Waals surface area contributed by atoms with E-state index in [9.17, 15) is 4.79 Å². The van der Waals surface area contributed by atoms with Gasteiger partial charge in [0.15, 0.2) is 5.82 Å². The van der Waals surface area contributed by atoms with Gasteiger partial charge in [-0.3, -0.25) is 4.79 Å². The number of hydrogen-bond donors (Lipinski definition) is 1. The van der Waals surface area contributed by atoms with E-state index in [-0.39, 0.29) is 18.1 Å². The molecule has 2 aliphatic rings. The molecule has 0 aromatic carbocycles. The van der Waals surface area contributed by atoms with Crippen molar-refractivity contribution in [3.63, 3.8) is 0 Å². The molecule has 2 saturated carbocycles. The Bertz CT molecular complexity index is 629. The van der Waals surface area contributed by atoms with Crippen molar-refractivity contribution in [2.24, 2.45) is 0 Å². The first-order valence-corrected chi connectivity index (χ1v) is 10.8. The monoisotopic (exact) mass is 393 g/mol. The van der Waals surface area contributed by atoms with Crippen molar-refractivity contribution in [3.8, 4) is 0 Å². The maximum atomic E-state index is 11.3. The summed E-state index contributed by atoms with van der Waals surface area (Å²) in [6.45, 7) is 1.47. The summed E-state index contributed by atoms with van der Waals surface area (Å²) in [5.74, 6) is 0.759. The summed E-state index contributed by atoms with van der Waals surface area (Å²) in [6, 6.07) is 0.600. The number of carbonyl (C=O) groups excluding carboxylic acids is 1. The lowest BCUT2D eigenvalue weighted by atomic mass is 9.92. The average molecular weight is 394 g/mol. The highest BCUT2D eigenvalue weighted by atomic mass is 32.1. The molecule has 1 aromatic rings. The van der Waals surface area contributed by atoms with E-state index in [0.29, 0.717) is 6.04 Å². The minimum absolute atomic E-state index is 0.0622. The van der Waals surface area contributed by atoms with E-state index in [0.717, 1.165) is 55.8 Å². The van der Waals surface area contributed by atoms with E-state index in [1.807, 2.05) is 4.68 Å². The van der Waals surface area contributed by atoms with Crippen LogP contribution in [-0.4, -0.2) is 43.3 Å². The fourth-order valence-corrected chi connectivity index (χ4v) is 4.58. The van der Waals surface area contributed by atoms with Crippen LogP contribution < -0.4 is 5.32 Å². The van der Waals surface area contributed by atoms with Gasteiger partial charge in [-0.1, -0.05) is 37.9 Å². The summed E-state index contributed by atoms with van der Waals surface area (Å²) in [5, 5.41) is 15.8. The summed E-state index contributed by atoms with van der Waals surface area (Å²) >= 11 is 5.54. The first-order valence-electron chi connectivity index (χ1n) is 10.4. The number of carbonyl (C=O) groups is 1. The first kappa shape index (κ1) is 20.2. The number of aryl methyl sites for hydroxylation is 1. The van der Waals surface area contributed by atoms with Crippen molar-refractivity contribution < 1.29 is 9.53 Å². The maximum Gasteiger partial charge on any atom is 0.302 e. The van der Waals surface area contributed by atoms with Crippen molar-refractivity contribution in [2.45, 2.75) is 102 Å². The molecule has 2 atom stereocenters. The van der Waals surface area contributed by atoms with Crippen LogP contribution in [0.5, 0.6) is 0 Å². The number of aromatic nitrogens is 4. The van der Waals surface area contributed by atoms with E-state index in [1.54, 1.807) is 0 Å². The third-order valence-corrected chi connectivity index (χ3v) is 5.97.